The Labute approximate surface area is 216 Å². The van der Waals surface area contributed by atoms with Crippen LogP contribution in [0.3, 0.4) is 0 Å². The summed E-state index contributed by atoms with van der Waals surface area (Å²) >= 11 is -2.25. The normalized spacial score (nSPS) is 16.7. The summed E-state index contributed by atoms with van der Waals surface area (Å²) in [5, 5.41) is 2.26. The summed E-state index contributed by atoms with van der Waals surface area (Å²) in [4.78, 5) is 28.6. The van der Waals surface area contributed by atoms with Gasteiger partial charge in [0.1, 0.15) is 0 Å². The number of para-hydroxylation sites is 1. The van der Waals surface area contributed by atoms with Crippen LogP contribution in [0.5, 0.6) is 11.5 Å². The van der Waals surface area contributed by atoms with Crippen molar-refractivity contribution in [3.63, 3.8) is 0 Å². The van der Waals surface area contributed by atoms with Crippen LogP contribution in [-0.2, 0) is 9.95 Å². The predicted octanol–water partition coefficient (Wildman–Crippen LogP) is 5.85. The van der Waals surface area contributed by atoms with Gasteiger partial charge in [0.2, 0.25) is 0 Å². The van der Waals surface area contributed by atoms with Gasteiger partial charge in [0.05, 0.1) is 0 Å². The van der Waals surface area contributed by atoms with Gasteiger partial charge in [-0.1, -0.05) is 0 Å². The monoisotopic (exact) mass is 555 g/mol. The number of hydrogen-bond acceptors (Lipinski definition) is 6. The van der Waals surface area contributed by atoms with Crippen LogP contribution in [0, 0.1) is 0 Å². The van der Waals surface area contributed by atoms with Crippen molar-refractivity contribution in [3.05, 3.63) is 59.9 Å². The number of methoxy groups -OCH3 is 2. The number of likely N-dealkylation sites (tertiary alicyclic amines) is 1. The molecule has 1 amide bonds. The topological polar surface area (TPSA) is 78.2 Å². The van der Waals surface area contributed by atoms with Crippen molar-refractivity contribution in [1.29, 1.82) is 0 Å². The van der Waals surface area contributed by atoms with Crippen LogP contribution >= 0.6 is 0 Å². The molecule has 3 aromatic rings. The number of furan rings is 1. The summed E-state index contributed by atoms with van der Waals surface area (Å²) in [5.74, 6) is 1.92. The summed E-state index contributed by atoms with van der Waals surface area (Å²) in [7, 11) is 3.14. The number of rotatable bonds is 8. The first-order valence-corrected chi connectivity index (χ1v) is 15.8. The fourth-order valence-electron chi connectivity index (χ4n) is 4.51. The molecular weight excluding hydrogens is 521 g/mol. The molecule has 0 saturated carbocycles. The number of amides is 1. The van der Waals surface area contributed by atoms with Crippen LogP contribution in [0.15, 0.2) is 52.9 Å². The van der Waals surface area contributed by atoms with Crippen molar-refractivity contribution in [2.45, 2.75) is 55.7 Å². The Balaban J connectivity index is 1.62. The molecule has 0 spiro atoms. The Kier molecular flexibility index (Phi) is 7.99. The zero-order valence-electron chi connectivity index (χ0n) is 21.6. The maximum absolute atomic E-state index is 13.9. The predicted molar refractivity (Wildman–Crippen MR) is 140 cm³/mol. The van der Waals surface area contributed by atoms with E-state index in [2.05, 4.69) is 0 Å². The third-order valence-corrected chi connectivity index (χ3v) is 11.2. The van der Waals surface area contributed by atoms with Crippen LogP contribution in [0.1, 0.15) is 49.7 Å². The van der Waals surface area contributed by atoms with E-state index in [-0.39, 0.29) is 16.7 Å². The molecule has 192 valence electrons. The van der Waals surface area contributed by atoms with E-state index in [4.69, 9.17) is 18.6 Å². The second-order valence-electron chi connectivity index (χ2n) is 9.98. The summed E-state index contributed by atoms with van der Waals surface area (Å²) in [6.45, 7) is 6.26. The Morgan fingerprint density at radius 1 is 1.06 bits per heavy atom. The van der Waals surface area contributed by atoms with Crippen molar-refractivity contribution in [2.75, 3.05) is 20.8 Å². The van der Waals surface area contributed by atoms with Gasteiger partial charge in [-0.15, -0.1) is 0 Å². The number of nitrogens with zero attached hydrogens (tertiary/aromatic N) is 1. The Morgan fingerprint density at radius 2 is 1.81 bits per heavy atom. The molecule has 0 N–H and O–H groups in total. The SMILES string of the molecule is COc1ccc(C(=O)[As](Cc2cc3ccccc3o2)C[C@@H]2CCCN2C(=O)OC(C)(C)C)cc1OC. The van der Waals surface area contributed by atoms with E-state index < -0.39 is 20.3 Å². The average molecular weight is 556 g/mol. The minimum atomic E-state index is -2.25. The van der Waals surface area contributed by atoms with Crippen LogP contribution in [0.25, 0.3) is 11.0 Å². The van der Waals surface area contributed by atoms with Crippen molar-refractivity contribution < 1.29 is 28.2 Å². The molecule has 1 saturated heterocycles. The molecular formula is C28H34AsNO6. The molecule has 0 aliphatic carbocycles. The Hall–Kier alpha value is -2.92. The van der Waals surface area contributed by atoms with Crippen molar-refractivity contribution in [1.82, 2.24) is 4.90 Å². The van der Waals surface area contributed by atoms with Gasteiger partial charge in [0.15, 0.2) is 0 Å². The van der Waals surface area contributed by atoms with Gasteiger partial charge < -0.3 is 0 Å². The number of carbonyl (C=O) groups is 2. The quantitative estimate of drug-likeness (QED) is 0.325. The minimum absolute atomic E-state index is 0.0201. The molecule has 2 heterocycles. The molecule has 1 aromatic heterocycles. The van der Waals surface area contributed by atoms with E-state index in [9.17, 15) is 9.59 Å². The van der Waals surface area contributed by atoms with E-state index in [1.54, 1.807) is 32.4 Å². The van der Waals surface area contributed by atoms with E-state index in [1.165, 1.54) is 0 Å². The van der Waals surface area contributed by atoms with Crippen molar-refractivity contribution in [3.8, 4) is 11.5 Å². The average Bonchev–Trinajstić information content (AvgIpc) is 3.48. The van der Waals surface area contributed by atoms with Crippen molar-refractivity contribution >= 4 is 36.3 Å². The van der Waals surface area contributed by atoms with Gasteiger partial charge in [0, 0.05) is 0 Å². The summed E-state index contributed by atoms with van der Waals surface area (Å²) < 4.78 is 22.7. The molecule has 1 aliphatic heterocycles. The molecule has 2 atom stereocenters. The summed E-state index contributed by atoms with van der Waals surface area (Å²) in [6, 6.07) is 15.2. The Morgan fingerprint density at radius 3 is 2.50 bits per heavy atom. The molecule has 36 heavy (non-hydrogen) atoms. The first kappa shape index (κ1) is 26.2. The molecule has 0 radical (unpaired) electrons. The zero-order chi connectivity index (χ0) is 25.9. The number of fused-ring (bicyclic) bond motifs is 1. The second-order valence-corrected chi connectivity index (χ2v) is 14.5. The molecule has 8 heteroatoms. The van der Waals surface area contributed by atoms with Crippen LogP contribution in [0.2, 0.25) is 5.21 Å². The van der Waals surface area contributed by atoms with Gasteiger partial charge in [-0.05, 0) is 0 Å². The molecule has 4 rings (SSSR count). The number of carbonyl (C=O) groups excluding carboxylic acids is 2. The second kappa shape index (κ2) is 11.0. The molecule has 1 aliphatic rings. The van der Waals surface area contributed by atoms with Gasteiger partial charge >= 0.3 is 217 Å². The number of ether oxygens (including phenoxy) is 3. The van der Waals surface area contributed by atoms with E-state index in [0.717, 1.165) is 29.6 Å². The summed E-state index contributed by atoms with van der Waals surface area (Å²) in [5.41, 5.74) is 0.854. The maximum atomic E-state index is 13.9. The third kappa shape index (κ3) is 6.07. The Bertz CT molecular complexity index is 1200. The molecule has 7 nitrogen and oxygen atoms in total. The zero-order valence-corrected chi connectivity index (χ0v) is 23.5. The molecule has 1 unspecified atom stereocenters. The van der Waals surface area contributed by atoms with Crippen LogP contribution in [-0.4, -0.2) is 62.6 Å². The molecule has 1 fully saturated rings. The molecule has 2 aromatic carbocycles. The molecule has 0 bridgehead atoms. The van der Waals surface area contributed by atoms with Gasteiger partial charge in [-0.2, -0.15) is 0 Å². The van der Waals surface area contributed by atoms with Gasteiger partial charge in [0.25, 0.3) is 0 Å². The number of hydrogen-bond donors (Lipinski definition) is 0. The third-order valence-electron chi connectivity index (χ3n) is 6.18. The van der Waals surface area contributed by atoms with E-state index in [0.29, 0.717) is 34.0 Å². The van der Waals surface area contributed by atoms with Crippen LogP contribution in [0.4, 0.5) is 4.79 Å². The fourth-order valence-corrected chi connectivity index (χ4v) is 9.47. The first-order chi connectivity index (χ1) is 17.2. The van der Waals surface area contributed by atoms with E-state index >= 15 is 0 Å². The summed E-state index contributed by atoms with van der Waals surface area (Å²) in [6.07, 6.45) is 1.46. The fraction of sp³-hybridized carbons (Fsp3) is 0.429. The van der Waals surface area contributed by atoms with E-state index in [1.807, 2.05) is 56.0 Å². The standard InChI is InChI=1S/C28H34AsNO6/c1-28(2,3)36-27(32)30-14-8-10-21(30)17-29(18-22-15-19-9-6-7-11-23(19)35-22)26(31)20-12-13-24(33-4)25(16-20)34-5/h6-7,9,11-13,15-16,21H,8,10,14,17-18H2,1-5H3/t21-,29?/m0/s1. The van der Waals surface area contributed by atoms with Crippen molar-refractivity contribution in [2.24, 2.45) is 0 Å². The first-order valence-electron chi connectivity index (χ1n) is 12.2. The van der Waals surface area contributed by atoms with Gasteiger partial charge in [-0.25, -0.2) is 0 Å². The van der Waals surface area contributed by atoms with Crippen LogP contribution < -0.4 is 9.47 Å². The number of benzene rings is 2. The van der Waals surface area contributed by atoms with Gasteiger partial charge in [-0.3, -0.25) is 0 Å².